The molecule has 22 heavy (non-hydrogen) atoms. The number of hydrogen-bond donors (Lipinski definition) is 0. The van der Waals surface area contributed by atoms with Gasteiger partial charge >= 0.3 is 0 Å². The molecular formula is C16H20ClN3O2. The molecule has 1 aromatic heterocycles. The topological polar surface area (TPSA) is 53.5 Å². The van der Waals surface area contributed by atoms with Crippen molar-refractivity contribution in [3.8, 4) is 0 Å². The molecular weight excluding hydrogens is 302 g/mol. The highest BCUT2D eigenvalue weighted by Gasteiger charge is 2.37. The molecule has 2 fully saturated rings. The van der Waals surface area contributed by atoms with E-state index in [-0.39, 0.29) is 17.9 Å². The van der Waals surface area contributed by atoms with E-state index in [0.29, 0.717) is 17.1 Å². The molecule has 3 heterocycles. The Morgan fingerprint density at radius 3 is 2.64 bits per heavy atom. The van der Waals surface area contributed by atoms with E-state index in [1.54, 1.807) is 17.2 Å². The van der Waals surface area contributed by atoms with Gasteiger partial charge in [-0.25, -0.2) is 0 Å². The largest absolute Gasteiger partial charge is 0.341 e. The summed E-state index contributed by atoms with van der Waals surface area (Å²) in [7, 11) is 0. The summed E-state index contributed by atoms with van der Waals surface area (Å²) in [6.07, 6.45) is 7.92. The lowest BCUT2D eigenvalue weighted by atomic mass is 10.1. The molecule has 2 aliphatic heterocycles. The molecule has 118 valence electrons. The maximum atomic E-state index is 12.7. The Labute approximate surface area is 135 Å². The van der Waals surface area contributed by atoms with Crippen LogP contribution in [0.3, 0.4) is 0 Å². The Kier molecular flexibility index (Phi) is 4.62. The second-order valence-electron chi connectivity index (χ2n) is 5.90. The molecule has 0 unspecified atom stereocenters. The zero-order valence-electron chi connectivity index (χ0n) is 12.5. The van der Waals surface area contributed by atoms with Crippen molar-refractivity contribution >= 4 is 23.4 Å². The zero-order valence-corrected chi connectivity index (χ0v) is 13.3. The van der Waals surface area contributed by atoms with Crippen LogP contribution in [0.2, 0.25) is 5.02 Å². The molecule has 1 aromatic rings. The first-order chi connectivity index (χ1) is 10.7. The van der Waals surface area contributed by atoms with Gasteiger partial charge in [-0.3, -0.25) is 14.6 Å². The Hall–Kier alpha value is -1.62. The van der Waals surface area contributed by atoms with Gasteiger partial charge in [0.05, 0.1) is 10.6 Å². The van der Waals surface area contributed by atoms with Crippen molar-refractivity contribution in [3.05, 3.63) is 29.0 Å². The van der Waals surface area contributed by atoms with Crippen LogP contribution in [-0.2, 0) is 4.79 Å². The average molecular weight is 322 g/mol. The standard InChI is InChI=1S/C16H20ClN3O2/c17-13-11-18-7-6-12(13)15(21)20-10-4-5-14(20)16(22)19-8-2-1-3-9-19/h6-7,11,14H,1-5,8-10H2/t14-/m0/s1. The smallest absolute Gasteiger partial charge is 0.256 e. The molecule has 2 aliphatic rings. The summed E-state index contributed by atoms with van der Waals surface area (Å²) in [6.45, 7) is 2.24. The molecule has 0 bridgehead atoms. The highest BCUT2D eigenvalue weighted by atomic mass is 35.5. The molecule has 0 aromatic carbocycles. The van der Waals surface area contributed by atoms with Crippen LogP contribution in [0.15, 0.2) is 18.5 Å². The van der Waals surface area contributed by atoms with Crippen LogP contribution >= 0.6 is 11.6 Å². The number of halogens is 1. The lowest BCUT2D eigenvalue weighted by molar-refractivity contribution is -0.136. The lowest BCUT2D eigenvalue weighted by Gasteiger charge is -2.32. The number of carbonyl (C=O) groups is 2. The van der Waals surface area contributed by atoms with Gasteiger partial charge in [0, 0.05) is 32.0 Å². The molecule has 3 rings (SSSR count). The van der Waals surface area contributed by atoms with Crippen LogP contribution in [0.5, 0.6) is 0 Å². The SMILES string of the molecule is O=C([C@@H]1CCCN1C(=O)c1ccncc1Cl)N1CCCCC1. The highest BCUT2D eigenvalue weighted by molar-refractivity contribution is 6.33. The monoisotopic (exact) mass is 321 g/mol. The van der Waals surface area contributed by atoms with Gasteiger partial charge < -0.3 is 9.80 Å². The summed E-state index contributed by atoms with van der Waals surface area (Å²) in [5.41, 5.74) is 0.426. The molecule has 0 N–H and O–H groups in total. The van der Waals surface area contributed by atoms with Gasteiger partial charge in [-0.2, -0.15) is 0 Å². The molecule has 1 atom stereocenters. The number of pyridine rings is 1. The molecule has 5 nitrogen and oxygen atoms in total. The van der Waals surface area contributed by atoms with Crippen LogP contribution in [-0.4, -0.2) is 52.3 Å². The van der Waals surface area contributed by atoms with Crippen molar-refractivity contribution in [1.82, 2.24) is 14.8 Å². The predicted octanol–water partition coefficient (Wildman–Crippen LogP) is 2.35. The molecule has 0 saturated carbocycles. The minimum Gasteiger partial charge on any atom is -0.341 e. The lowest BCUT2D eigenvalue weighted by Crippen LogP contribution is -2.49. The fourth-order valence-electron chi connectivity index (χ4n) is 3.29. The Bertz CT molecular complexity index is 572. The first kappa shape index (κ1) is 15.3. The Morgan fingerprint density at radius 2 is 1.91 bits per heavy atom. The van der Waals surface area contributed by atoms with Gasteiger partial charge in [0.2, 0.25) is 5.91 Å². The number of amides is 2. The number of aromatic nitrogens is 1. The predicted molar refractivity (Wildman–Crippen MR) is 83.7 cm³/mol. The van der Waals surface area contributed by atoms with Crippen molar-refractivity contribution in [2.24, 2.45) is 0 Å². The summed E-state index contributed by atoms with van der Waals surface area (Å²) >= 11 is 6.07. The van der Waals surface area contributed by atoms with E-state index < -0.39 is 0 Å². The second kappa shape index (κ2) is 6.65. The van der Waals surface area contributed by atoms with Crippen LogP contribution in [0.1, 0.15) is 42.5 Å². The molecule has 0 aliphatic carbocycles. The van der Waals surface area contributed by atoms with E-state index in [1.807, 2.05) is 4.90 Å². The summed E-state index contributed by atoms with van der Waals surface area (Å²) in [5.74, 6) is -0.0732. The minimum atomic E-state index is -0.338. The first-order valence-corrected chi connectivity index (χ1v) is 8.25. The number of piperidine rings is 1. The molecule has 2 amide bonds. The number of likely N-dealkylation sites (tertiary alicyclic amines) is 2. The highest BCUT2D eigenvalue weighted by Crippen LogP contribution is 2.25. The van der Waals surface area contributed by atoms with Gasteiger partial charge in [-0.05, 0) is 38.2 Å². The fraction of sp³-hybridized carbons (Fsp3) is 0.562. The number of hydrogen-bond acceptors (Lipinski definition) is 3. The Morgan fingerprint density at radius 1 is 1.14 bits per heavy atom. The summed E-state index contributed by atoms with van der Waals surface area (Å²) in [6, 6.07) is 1.28. The van der Waals surface area contributed by atoms with E-state index in [2.05, 4.69) is 4.98 Å². The third-order valence-corrected chi connectivity index (χ3v) is 4.77. The van der Waals surface area contributed by atoms with Crippen molar-refractivity contribution < 1.29 is 9.59 Å². The quantitative estimate of drug-likeness (QED) is 0.840. The van der Waals surface area contributed by atoms with E-state index in [4.69, 9.17) is 11.6 Å². The second-order valence-corrected chi connectivity index (χ2v) is 6.31. The van der Waals surface area contributed by atoms with E-state index >= 15 is 0 Å². The molecule has 0 radical (unpaired) electrons. The van der Waals surface area contributed by atoms with Gasteiger partial charge in [-0.1, -0.05) is 11.6 Å². The maximum absolute atomic E-state index is 12.7. The third kappa shape index (κ3) is 2.95. The normalized spacial score (nSPS) is 22.0. The van der Waals surface area contributed by atoms with Crippen molar-refractivity contribution in [1.29, 1.82) is 0 Å². The molecule has 0 spiro atoms. The summed E-state index contributed by atoms with van der Waals surface area (Å²) in [5, 5.41) is 0.337. The van der Waals surface area contributed by atoms with Crippen molar-refractivity contribution in [3.63, 3.8) is 0 Å². The Balaban J connectivity index is 1.76. The summed E-state index contributed by atoms with van der Waals surface area (Å²) < 4.78 is 0. The van der Waals surface area contributed by atoms with Crippen LogP contribution < -0.4 is 0 Å². The van der Waals surface area contributed by atoms with Crippen molar-refractivity contribution in [2.75, 3.05) is 19.6 Å². The maximum Gasteiger partial charge on any atom is 0.256 e. The number of carbonyl (C=O) groups excluding carboxylic acids is 2. The molecule has 6 heteroatoms. The first-order valence-electron chi connectivity index (χ1n) is 7.88. The molecule has 2 saturated heterocycles. The van der Waals surface area contributed by atoms with Crippen LogP contribution in [0.25, 0.3) is 0 Å². The number of rotatable bonds is 2. The number of nitrogens with zero attached hydrogens (tertiary/aromatic N) is 3. The van der Waals surface area contributed by atoms with Gasteiger partial charge in [0.1, 0.15) is 6.04 Å². The van der Waals surface area contributed by atoms with E-state index in [0.717, 1.165) is 38.8 Å². The van der Waals surface area contributed by atoms with Crippen LogP contribution in [0.4, 0.5) is 0 Å². The van der Waals surface area contributed by atoms with E-state index in [9.17, 15) is 9.59 Å². The van der Waals surface area contributed by atoms with Gasteiger partial charge in [-0.15, -0.1) is 0 Å². The van der Waals surface area contributed by atoms with Crippen molar-refractivity contribution in [2.45, 2.75) is 38.1 Å². The minimum absolute atomic E-state index is 0.0933. The third-order valence-electron chi connectivity index (χ3n) is 4.47. The zero-order chi connectivity index (χ0) is 15.5. The van der Waals surface area contributed by atoms with Gasteiger partial charge in [0.15, 0.2) is 0 Å². The van der Waals surface area contributed by atoms with E-state index in [1.165, 1.54) is 12.6 Å². The average Bonchev–Trinajstić information content (AvgIpc) is 3.04. The van der Waals surface area contributed by atoms with Gasteiger partial charge in [0.25, 0.3) is 5.91 Å². The van der Waals surface area contributed by atoms with Crippen LogP contribution in [0, 0.1) is 0 Å². The fourth-order valence-corrected chi connectivity index (χ4v) is 3.50. The summed E-state index contributed by atoms with van der Waals surface area (Å²) in [4.78, 5) is 32.9.